The van der Waals surface area contributed by atoms with Crippen molar-refractivity contribution in [3.63, 3.8) is 0 Å². The monoisotopic (exact) mass is 427 g/mol. The third-order valence-corrected chi connectivity index (χ3v) is 4.38. The molecule has 2 aromatic heterocycles. The fourth-order valence-electron chi connectivity index (χ4n) is 2.39. The molecule has 2 heterocycles. The zero-order valence-electron chi connectivity index (χ0n) is 14.5. The summed E-state index contributed by atoms with van der Waals surface area (Å²) in [5.41, 5.74) is -1.60. The maximum atomic E-state index is 12.5. The summed E-state index contributed by atoms with van der Waals surface area (Å²) in [6, 6.07) is 2.66. The van der Waals surface area contributed by atoms with Gasteiger partial charge in [-0.3, -0.25) is 19.3 Å². The zero-order valence-corrected chi connectivity index (χ0v) is 15.4. The summed E-state index contributed by atoms with van der Waals surface area (Å²) in [5, 5.41) is 12.9. The number of aromatic nitrogens is 2. The first-order valence-corrected chi connectivity index (χ1v) is 8.62. The number of esters is 1. The molecule has 0 unspecified atom stereocenters. The SMILES string of the molecule is COc1cc(C(=O)OCc2cc(=O)n3ccsc3n2)c([N+](=O)[O-])cc1OC(F)F. The van der Waals surface area contributed by atoms with E-state index >= 15 is 0 Å². The van der Waals surface area contributed by atoms with Gasteiger partial charge in [-0.1, -0.05) is 0 Å². The van der Waals surface area contributed by atoms with E-state index in [2.05, 4.69) is 9.72 Å². The van der Waals surface area contributed by atoms with Crippen LogP contribution < -0.4 is 15.0 Å². The molecular weight excluding hydrogens is 416 g/mol. The second kappa shape index (κ2) is 8.18. The Hall–Kier alpha value is -3.61. The fraction of sp³-hybridized carbons (Fsp3) is 0.188. The summed E-state index contributed by atoms with van der Waals surface area (Å²) >= 11 is 1.19. The lowest BCUT2D eigenvalue weighted by Crippen LogP contribution is -2.15. The topological polar surface area (TPSA) is 122 Å². The van der Waals surface area contributed by atoms with E-state index in [1.54, 1.807) is 5.38 Å². The quantitative estimate of drug-likeness (QED) is 0.320. The fourth-order valence-corrected chi connectivity index (χ4v) is 3.13. The van der Waals surface area contributed by atoms with Crippen LogP contribution in [0.5, 0.6) is 11.5 Å². The van der Waals surface area contributed by atoms with Crippen molar-refractivity contribution in [2.24, 2.45) is 0 Å². The zero-order chi connectivity index (χ0) is 21.1. The molecule has 3 aromatic rings. The summed E-state index contributed by atoms with van der Waals surface area (Å²) in [6.07, 6.45) is 1.53. The maximum absolute atomic E-state index is 12.5. The summed E-state index contributed by atoms with van der Waals surface area (Å²) in [4.78, 5) is 39.1. The van der Waals surface area contributed by atoms with E-state index in [9.17, 15) is 28.5 Å². The molecule has 0 spiro atoms. The van der Waals surface area contributed by atoms with Crippen LogP contribution in [0.4, 0.5) is 14.5 Å². The number of methoxy groups -OCH3 is 1. The van der Waals surface area contributed by atoms with Crippen LogP contribution in [0.2, 0.25) is 0 Å². The number of hydrogen-bond acceptors (Lipinski definition) is 9. The molecule has 0 N–H and O–H groups in total. The number of hydrogen-bond donors (Lipinski definition) is 0. The normalized spacial score (nSPS) is 10.9. The predicted molar refractivity (Wildman–Crippen MR) is 94.7 cm³/mol. The van der Waals surface area contributed by atoms with Crippen molar-refractivity contribution in [3.8, 4) is 11.5 Å². The number of alkyl halides is 2. The Morgan fingerprint density at radius 2 is 2.10 bits per heavy atom. The third kappa shape index (κ3) is 4.29. The second-order valence-electron chi connectivity index (χ2n) is 5.37. The molecule has 13 heteroatoms. The Bertz CT molecular complexity index is 1150. The van der Waals surface area contributed by atoms with E-state index in [1.807, 2.05) is 0 Å². The maximum Gasteiger partial charge on any atom is 0.387 e. The van der Waals surface area contributed by atoms with Gasteiger partial charge in [-0.05, 0) is 0 Å². The van der Waals surface area contributed by atoms with Crippen LogP contribution in [0.15, 0.2) is 34.6 Å². The summed E-state index contributed by atoms with van der Waals surface area (Å²) < 4.78 is 40.3. The Morgan fingerprint density at radius 1 is 1.34 bits per heavy atom. The van der Waals surface area contributed by atoms with E-state index in [4.69, 9.17) is 9.47 Å². The van der Waals surface area contributed by atoms with Gasteiger partial charge in [-0.15, -0.1) is 11.3 Å². The minimum absolute atomic E-state index is 0.137. The molecule has 29 heavy (non-hydrogen) atoms. The average molecular weight is 427 g/mol. The Balaban J connectivity index is 1.88. The van der Waals surface area contributed by atoms with Crippen LogP contribution >= 0.6 is 11.3 Å². The number of nitro groups is 1. The van der Waals surface area contributed by atoms with Gasteiger partial charge in [0.1, 0.15) is 12.2 Å². The molecule has 0 aliphatic carbocycles. The molecule has 0 saturated carbocycles. The number of thiazole rings is 1. The van der Waals surface area contributed by atoms with Gasteiger partial charge in [0, 0.05) is 23.7 Å². The van der Waals surface area contributed by atoms with Gasteiger partial charge in [0.05, 0.1) is 23.8 Å². The number of halogens is 2. The van der Waals surface area contributed by atoms with E-state index in [1.165, 1.54) is 21.9 Å². The molecule has 0 radical (unpaired) electrons. The average Bonchev–Trinajstić information content (AvgIpc) is 3.14. The summed E-state index contributed by atoms with van der Waals surface area (Å²) in [6.45, 7) is -3.68. The van der Waals surface area contributed by atoms with Crippen LogP contribution in [0, 0.1) is 10.1 Å². The van der Waals surface area contributed by atoms with Crippen LogP contribution in [-0.4, -0.2) is 34.0 Å². The first-order valence-electron chi connectivity index (χ1n) is 7.74. The number of nitrogens with zero attached hydrogens (tertiary/aromatic N) is 3. The van der Waals surface area contributed by atoms with E-state index < -0.39 is 41.1 Å². The number of carbonyl (C=O) groups excluding carboxylic acids is 1. The number of nitro benzene ring substituents is 1. The molecule has 0 bridgehead atoms. The van der Waals surface area contributed by atoms with Crippen molar-refractivity contribution in [2.45, 2.75) is 13.2 Å². The molecule has 0 saturated heterocycles. The first kappa shape index (κ1) is 20.1. The Labute approximate surface area is 164 Å². The lowest BCUT2D eigenvalue weighted by atomic mass is 10.1. The van der Waals surface area contributed by atoms with Crippen LogP contribution in [-0.2, 0) is 11.3 Å². The van der Waals surface area contributed by atoms with Gasteiger partial charge in [-0.2, -0.15) is 8.78 Å². The van der Waals surface area contributed by atoms with Gasteiger partial charge in [0.2, 0.25) is 0 Å². The number of ether oxygens (including phenoxy) is 3. The number of carbonyl (C=O) groups is 1. The van der Waals surface area contributed by atoms with Crippen LogP contribution in [0.1, 0.15) is 16.1 Å². The summed E-state index contributed by atoms with van der Waals surface area (Å²) in [7, 11) is 1.11. The number of benzene rings is 1. The molecule has 0 amide bonds. The van der Waals surface area contributed by atoms with Crippen molar-refractivity contribution < 1.29 is 32.7 Å². The Morgan fingerprint density at radius 3 is 2.76 bits per heavy atom. The van der Waals surface area contributed by atoms with Crippen LogP contribution in [0.3, 0.4) is 0 Å². The second-order valence-corrected chi connectivity index (χ2v) is 6.25. The minimum Gasteiger partial charge on any atom is -0.493 e. The van der Waals surface area contributed by atoms with E-state index in [-0.39, 0.29) is 17.0 Å². The molecular formula is C16H11F2N3O7S. The lowest BCUT2D eigenvalue weighted by Gasteiger charge is -2.12. The van der Waals surface area contributed by atoms with Gasteiger partial charge in [0.15, 0.2) is 16.5 Å². The predicted octanol–water partition coefficient (Wildman–Crippen LogP) is 2.63. The molecule has 0 aliphatic heterocycles. The van der Waals surface area contributed by atoms with Gasteiger partial charge in [0.25, 0.3) is 11.2 Å². The molecule has 0 aliphatic rings. The molecule has 0 fully saturated rings. The van der Waals surface area contributed by atoms with E-state index in [0.29, 0.717) is 11.0 Å². The Kier molecular flexibility index (Phi) is 5.68. The highest BCUT2D eigenvalue weighted by Crippen LogP contribution is 2.36. The largest absolute Gasteiger partial charge is 0.493 e. The van der Waals surface area contributed by atoms with Crippen molar-refractivity contribution in [1.29, 1.82) is 0 Å². The lowest BCUT2D eigenvalue weighted by molar-refractivity contribution is -0.385. The highest BCUT2D eigenvalue weighted by atomic mass is 32.1. The van der Waals surface area contributed by atoms with Crippen molar-refractivity contribution in [2.75, 3.05) is 7.11 Å². The van der Waals surface area contributed by atoms with E-state index in [0.717, 1.165) is 19.2 Å². The van der Waals surface area contributed by atoms with Crippen LogP contribution in [0.25, 0.3) is 4.96 Å². The molecule has 10 nitrogen and oxygen atoms in total. The van der Waals surface area contributed by atoms with Crippen molar-refractivity contribution >= 4 is 28.0 Å². The highest BCUT2D eigenvalue weighted by Gasteiger charge is 2.27. The molecule has 1 aromatic carbocycles. The summed E-state index contributed by atoms with van der Waals surface area (Å²) in [5.74, 6) is -2.06. The first-order chi connectivity index (χ1) is 13.8. The van der Waals surface area contributed by atoms with Gasteiger partial charge in [-0.25, -0.2) is 9.78 Å². The van der Waals surface area contributed by atoms with Gasteiger partial charge < -0.3 is 14.2 Å². The number of rotatable bonds is 7. The third-order valence-electron chi connectivity index (χ3n) is 3.62. The molecule has 152 valence electrons. The molecule has 0 atom stereocenters. The standard InChI is InChI=1S/C16H11F2N3O7S/c1-26-11-5-9(10(21(24)25)6-12(11)28-15(17)18)14(23)27-7-8-4-13(22)20-2-3-29-16(20)19-8/h2-6,15H,7H2,1H3. The van der Waals surface area contributed by atoms with Crippen molar-refractivity contribution in [1.82, 2.24) is 9.38 Å². The number of fused-ring (bicyclic) bond motifs is 1. The molecule has 3 rings (SSSR count). The minimum atomic E-state index is -3.25. The van der Waals surface area contributed by atoms with Gasteiger partial charge >= 0.3 is 12.6 Å². The smallest absolute Gasteiger partial charge is 0.387 e. The highest BCUT2D eigenvalue weighted by molar-refractivity contribution is 7.15. The van der Waals surface area contributed by atoms with Crippen molar-refractivity contribution in [3.05, 3.63) is 61.5 Å².